The number of hydrogen-bond acceptors (Lipinski definition) is 2. The van der Waals surface area contributed by atoms with E-state index >= 15 is 0 Å². The summed E-state index contributed by atoms with van der Waals surface area (Å²) in [6, 6.07) is 8.47. The predicted molar refractivity (Wildman–Crippen MR) is 77.9 cm³/mol. The first kappa shape index (κ1) is 14.1. The fourth-order valence-corrected chi connectivity index (χ4v) is 2.74. The second kappa shape index (κ2) is 5.74. The molecule has 1 heterocycles. The second-order valence-electron chi connectivity index (χ2n) is 5.80. The molecule has 1 aromatic carbocycles. The SMILES string of the molecule is CC(C)c1ccc([C@@H]2CCCN2C(=O)[C@@H](C)N)cc1. The van der Waals surface area contributed by atoms with Crippen LogP contribution >= 0.6 is 0 Å². The van der Waals surface area contributed by atoms with Gasteiger partial charge in [-0.05, 0) is 36.8 Å². The van der Waals surface area contributed by atoms with Gasteiger partial charge >= 0.3 is 0 Å². The monoisotopic (exact) mass is 260 g/mol. The fraction of sp³-hybridized carbons (Fsp3) is 0.562. The van der Waals surface area contributed by atoms with Gasteiger partial charge in [0.25, 0.3) is 0 Å². The van der Waals surface area contributed by atoms with Gasteiger partial charge in [0.05, 0.1) is 12.1 Å². The summed E-state index contributed by atoms with van der Waals surface area (Å²) >= 11 is 0. The van der Waals surface area contributed by atoms with Crippen LogP contribution in [0.25, 0.3) is 0 Å². The van der Waals surface area contributed by atoms with Gasteiger partial charge < -0.3 is 10.6 Å². The first-order chi connectivity index (χ1) is 9.00. The van der Waals surface area contributed by atoms with Crippen LogP contribution in [0.2, 0.25) is 0 Å². The van der Waals surface area contributed by atoms with Crippen LogP contribution in [0.3, 0.4) is 0 Å². The molecule has 1 aromatic rings. The highest BCUT2D eigenvalue weighted by Crippen LogP contribution is 2.32. The molecule has 1 aliphatic rings. The molecule has 0 saturated carbocycles. The lowest BCUT2D eigenvalue weighted by Crippen LogP contribution is -2.41. The number of rotatable bonds is 3. The Balaban J connectivity index is 2.18. The van der Waals surface area contributed by atoms with Gasteiger partial charge in [0.1, 0.15) is 0 Å². The topological polar surface area (TPSA) is 46.3 Å². The molecule has 2 atom stereocenters. The van der Waals surface area contributed by atoms with Crippen molar-refractivity contribution in [3.63, 3.8) is 0 Å². The number of hydrogen-bond donors (Lipinski definition) is 1. The average Bonchev–Trinajstić information content (AvgIpc) is 2.86. The van der Waals surface area contributed by atoms with Gasteiger partial charge in [0, 0.05) is 6.54 Å². The number of nitrogens with zero attached hydrogens (tertiary/aromatic N) is 1. The maximum absolute atomic E-state index is 12.1. The molecule has 2 N–H and O–H groups in total. The molecular formula is C16H24N2O. The second-order valence-corrected chi connectivity index (χ2v) is 5.80. The average molecular weight is 260 g/mol. The van der Waals surface area contributed by atoms with Crippen molar-refractivity contribution in [1.82, 2.24) is 4.90 Å². The van der Waals surface area contributed by atoms with Crippen LogP contribution in [-0.4, -0.2) is 23.4 Å². The standard InChI is InChI=1S/C16H24N2O/c1-11(2)13-6-8-14(9-7-13)15-5-4-10-18(15)16(19)12(3)17/h6-9,11-12,15H,4-5,10,17H2,1-3H3/t12-,15+/m1/s1. The number of nitrogens with two attached hydrogens (primary N) is 1. The Labute approximate surface area is 115 Å². The van der Waals surface area contributed by atoms with Crippen molar-refractivity contribution in [2.24, 2.45) is 5.73 Å². The van der Waals surface area contributed by atoms with E-state index in [1.165, 1.54) is 11.1 Å². The quantitative estimate of drug-likeness (QED) is 0.908. The van der Waals surface area contributed by atoms with Crippen LogP contribution in [-0.2, 0) is 4.79 Å². The highest BCUT2D eigenvalue weighted by molar-refractivity contribution is 5.81. The zero-order valence-electron chi connectivity index (χ0n) is 12.1. The summed E-state index contributed by atoms with van der Waals surface area (Å²) in [5, 5.41) is 0. The van der Waals surface area contributed by atoms with Crippen molar-refractivity contribution >= 4 is 5.91 Å². The molecule has 0 radical (unpaired) electrons. The Bertz CT molecular complexity index is 437. The Morgan fingerprint density at radius 1 is 1.26 bits per heavy atom. The summed E-state index contributed by atoms with van der Waals surface area (Å²) in [4.78, 5) is 14.0. The zero-order chi connectivity index (χ0) is 14.0. The van der Waals surface area contributed by atoms with E-state index in [-0.39, 0.29) is 11.9 Å². The lowest BCUT2D eigenvalue weighted by atomic mass is 9.98. The highest BCUT2D eigenvalue weighted by Gasteiger charge is 2.31. The highest BCUT2D eigenvalue weighted by atomic mass is 16.2. The lowest BCUT2D eigenvalue weighted by Gasteiger charge is -2.27. The summed E-state index contributed by atoms with van der Waals surface area (Å²) < 4.78 is 0. The van der Waals surface area contributed by atoms with Crippen LogP contribution in [0.15, 0.2) is 24.3 Å². The van der Waals surface area contributed by atoms with Gasteiger partial charge in [-0.3, -0.25) is 4.79 Å². The van der Waals surface area contributed by atoms with E-state index in [0.717, 1.165) is 19.4 Å². The van der Waals surface area contributed by atoms with Gasteiger partial charge in [-0.1, -0.05) is 38.1 Å². The number of carbonyl (C=O) groups excluding carboxylic acids is 1. The van der Waals surface area contributed by atoms with E-state index in [1.54, 1.807) is 6.92 Å². The van der Waals surface area contributed by atoms with Gasteiger partial charge in [-0.25, -0.2) is 0 Å². The third-order valence-corrected chi connectivity index (χ3v) is 3.91. The number of likely N-dealkylation sites (tertiary alicyclic amines) is 1. The van der Waals surface area contributed by atoms with Crippen molar-refractivity contribution in [3.8, 4) is 0 Å². The van der Waals surface area contributed by atoms with Crippen molar-refractivity contribution in [2.75, 3.05) is 6.54 Å². The number of benzene rings is 1. The van der Waals surface area contributed by atoms with Gasteiger partial charge in [0.2, 0.25) is 5.91 Å². The van der Waals surface area contributed by atoms with E-state index in [0.29, 0.717) is 5.92 Å². The largest absolute Gasteiger partial charge is 0.334 e. The Hall–Kier alpha value is -1.35. The summed E-state index contributed by atoms with van der Waals surface area (Å²) in [5.74, 6) is 0.606. The van der Waals surface area contributed by atoms with Crippen LogP contribution in [0.1, 0.15) is 56.7 Å². The molecule has 1 amide bonds. The van der Waals surface area contributed by atoms with E-state index in [9.17, 15) is 4.79 Å². The number of amides is 1. The van der Waals surface area contributed by atoms with Crippen LogP contribution in [0.5, 0.6) is 0 Å². The van der Waals surface area contributed by atoms with Crippen LogP contribution in [0.4, 0.5) is 0 Å². The molecule has 2 rings (SSSR count). The molecule has 0 aromatic heterocycles. The Morgan fingerprint density at radius 3 is 2.42 bits per heavy atom. The molecule has 3 heteroatoms. The summed E-state index contributed by atoms with van der Waals surface area (Å²) in [6.07, 6.45) is 2.11. The molecule has 3 nitrogen and oxygen atoms in total. The molecular weight excluding hydrogens is 236 g/mol. The van der Waals surface area contributed by atoms with Crippen molar-refractivity contribution in [2.45, 2.75) is 51.6 Å². The zero-order valence-corrected chi connectivity index (χ0v) is 12.1. The third kappa shape index (κ3) is 2.98. The third-order valence-electron chi connectivity index (χ3n) is 3.91. The van der Waals surface area contributed by atoms with Crippen molar-refractivity contribution < 1.29 is 4.79 Å². The molecule has 1 aliphatic heterocycles. The minimum Gasteiger partial charge on any atom is -0.334 e. The fourth-order valence-electron chi connectivity index (χ4n) is 2.74. The molecule has 0 bridgehead atoms. The van der Waals surface area contributed by atoms with E-state index in [4.69, 9.17) is 5.73 Å². The summed E-state index contributed by atoms with van der Waals surface area (Å²) in [6.45, 7) is 6.98. The molecule has 1 saturated heterocycles. The maximum atomic E-state index is 12.1. The Morgan fingerprint density at radius 2 is 1.89 bits per heavy atom. The molecule has 1 fully saturated rings. The van der Waals surface area contributed by atoms with Crippen molar-refractivity contribution in [1.29, 1.82) is 0 Å². The van der Waals surface area contributed by atoms with E-state index in [2.05, 4.69) is 38.1 Å². The van der Waals surface area contributed by atoms with Crippen LogP contribution in [0, 0.1) is 0 Å². The minimum absolute atomic E-state index is 0.0652. The molecule has 19 heavy (non-hydrogen) atoms. The summed E-state index contributed by atoms with van der Waals surface area (Å²) in [5.41, 5.74) is 8.30. The first-order valence-corrected chi connectivity index (χ1v) is 7.16. The van der Waals surface area contributed by atoms with E-state index in [1.807, 2.05) is 4.90 Å². The maximum Gasteiger partial charge on any atom is 0.239 e. The van der Waals surface area contributed by atoms with Gasteiger partial charge in [0.15, 0.2) is 0 Å². The first-order valence-electron chi connectivity index (χ1n) is 7.16. The van der Waals surface area contributed by atoms with Crippen molar-refractivity contribution in [3.05, 3.63) is 35.4 Å². The lowest BCUT2D eigenvalue weighted by molar-refractivity contribution is -0.133. The molecule has 0 spiro atoms. The normalized spacial score (nSPS) is 20.9. The predicted octanol–water partition coefficient (Wildman–Crippen LogP) is 2.82. The summed E-state index contributed by atoms with van der Waals surface area (Å²) in [7, 11) is 0. The van der Waals surface area contributed by atoms with E-state index < -0.39 is 6.04 Å². The molecule has 0 unspecified atom stereocenters. The minimum atomic E-state index is -0.407. The van der Waals surface area contributed by atoms with Crippen LogP contribution < -0.4 is 5.73 Å². The molecule has 104 valence electrons. The van der Waals surface area contributed by atoms with Gasteiger partial charge in [-0.15, -0.1) is 0 Å². The Kier molecular flexibility index (Phi) is 4.25. The molecule has 0 aliphatic carbocycles. The number of carbonyl (C=O) groups is 1. The van der Waals surface area contributed by atoms with Gasteiger partial charge in [-0.2, -0.15) is 0 Å². The smallest absolute Gasteiger partial charge is 0.239 e.